The third-order valence-electron chi connectivity index (χ3n) is 2.93. The van der Waals surface area contributed by atoms with Crippen LogP contribution in [0.15, 0.2) is 53.3 Å². The van der Waals surface area contributed by atoms with Crippen molar-refractivity contribution < 1.29 is 0 Å². The summed E-state index contributed by atoms with van der Waals surface area (Å²) in [7, 11) is 0. The molecule has 0 N–H and O–H groups in total. The van der Waals surface area contributed by atoms with E-state index in [1.54, 1.807) is 6.20 Å². The highest BCUT2D eigenvalue weighted by Gasteiger charge is 2.23. The van der Waals surface area contributed by atoms with Gasteiger partial charge in [-0.1, -0.05) is 48.0 Å². The van der Waals surface area contributed by atoms with Gasteiger partial charge in [0, 0.05) is 22.3 Å². The zero-order valence-corrected chi connectivity index (χ0v) is 11.0. The summed E-state index contributed by atoms with van der Waals surface area (Å²) in [5.74, 6) is 0. The molecule has 0 aliphatic rings. The van der Waals surface area contributed by atoms with Crippen molar-refractivity contribution in [3.05, 3.63) is 64.4 Å². The topological polar surface area (TPSA) is 12.9 Å². The van der Waals surface area contributed by atoms with Crippen LogP contribution in [0.2, 0.25) is 0 Å². The van der Waals surface area contributed by atoms with E-state index in [1.807, 2.05) is 18.3 Å². The third-order valence-corrected chi connectivity index (χ3v) is 3.42. The Balaban J connectivity index is 2.47. The van der Waals surface area contributed by atoms with Crippen molar-refractivity contribution in [2.75, 3.05) is 0 Å². The minimum Gasteiger partial charge on any atom is -0.264 e. The Labute approximate surface area is 105 Å². The Morgan fingerprint density at radius 1 is 1.06 bits per heavy atom. The van der Waals surface area contributed by atoms with Crippen molar-refractivity contribution in [1.29, 1.82) is 0 Å². The number of hydrogen-bond donors (Lipinski definition) is 0. The summed E-state index contributed by atoms with van der Waals surface area (Å²) in [6.07, 6.45) is 3.74. The van der Waals surface area contributed by atoms with Crippen LogP contribution in [0.25, 0.3) is 0 Å². The Bertz CT molecular complexity index is 477. The quantitative estimate of drug-likeness (QED) is 0.802. The highest BCUT2D eigenvalue weighted by molar-refractivity contribution is 9.10. The van der Waals surface area contributed by atoms with Crippen LogP contribution < -0.4 is 0 Å². The van der Waals surface area contributed by atoms with E-state index < -0.39 is 0 Å². The maximum absolute atomic E-state index is 4.19. The zero-order valence-electron chi connectivity index (χ0n) is 9.44. The molecule has 1 heterocycles. The second-order valence-electron chi connectivity index (χ2n) is 4.38. The summed E-state index contributed by atoms with van der Waals surface area (Å²) in [4.78, 5) is 4.19. The fourth-order valence-electron chi connectivity index (χ4n) is 1.78. The molecular weight excluding hydrogens is 262 g/mol. The molecule has 2 aromatic rings. The molecule has 0 unspecified atom stereocenters. The molecule has 0 saturated carbocycles. The molecule has 0 atom stereocenters. The average molecular weight is 276 g/mol. The normalized spacial score (nSPS) is 11.4. The van der Waals surface area contributed by atoms with Crippen LogP contribution in [-0.4, -0.2) is 4.98 Å². The van der Waals surface area contributed by atoms with E-state index >= 15 is 0 Å². The van der Waals surface area contributed by atoms with Gasteiger partial charge in [-0.25, -0.2) is 0 Å². The van der Waals surface area contributed by atoms with Crippen molar-refractivity contribution in [2.45, 2.75) is 19.3 Å². The Hall–Kier alpha value is -1.15. The second kappa shape index (κ2) is 4.38. The van der Waals surface area contributed by atoms with Crippen molar-refractivity contribution >= 4 is 15.9 Å². The number of aromatic nitrogens is 1. The predicted octanol–water partition coefficient (Wildman–Crippen LogP) is 4.17. The maximum atomic E-state index is 4.19. The van der Waals surface area contributed by atoms with E-state index in [1.165, 1.54) is 11.1 Å². The first-order chi connectivity index (χ1) is 7.60. The molecule has 0 aliphatic heterocycles. The fourth-order valence-corrected chi connectivity index (χ4v) is 2.18. The molecule has 0 radical (unpaired) electrons. The van der Waals surface area contributed by atoms with Crippen molar-refractivity contribution in [1.82, 2.24) is 4.98 Å². The Kier molecular flexibility index (Phi) is 3.10. The van der Waals surface area contributed by atoms with Crippen molar-refractivity contribution in [3.8, 4) is 0 Å². The van der Waals surface area contributed by atoms with Crippen LogP contribution in [0.3, 0.4) is 0 Å². The molecule has 2 heteroatoms. The summed E-state index contributed by atoms with van der Waals surface area (Å²) >= 11 is 3.51. The highest BCUT2D eigenvalue weighted by atomic mass is 79.9. The van der Waals surface area contributed by atoms with Gasteiger partial charge in [-0.15, -0.1) is 0 Å². The van der Waals surface area contributed by atoms with E-state index in [0.29, 0.717) is 0 Å². The lowest BCUT2D eigenvalue weighted by Gasteiger charge is -2.25. The van der Waals surface area contributed by atoms with Crippen molar-refractivity contribution in [3.63, 3.8) is 0 Å². The minimum atomic E-state index is -0.0158. The van der Waals surface area contributed by atoms with Gasteiger partial charge in [0.2, 0.25) is 0 Å². The van der Waals surface area contributed by atoms with E-state index in [4.69, 9.17) is 0 Å². The van der Waals surface area contributed by atoms with Crippen LogP contribution in [0.5, 0.6) is 0 Å². The molecule has 1 aromatic carbocycles. The standard InChI is InChI=1S/C14H14BrN/c1-14(2,12-6-4-8-16-10-12)11-5-3-7-13(15)9-11/h3-10H,1-2H3. The summed E-state index contributed by atoms with van der Waals surface area (Å²) < 4.78 is 1.11. The van der Waals surface area contributed by atoms with Crippen LogP contribution in [-0.2, 0) is 5.41 Å². The molecule has 0 spiro atoms. The highest BCUT2D eigenvalue weighted by Crippen LogP contribution is 2.31. The fraction of sp³-hybridized carbons (Fsp3) is 0.214. The molecule has 0 aliphatic carbocycles. The number of hydrogen-bond acceptors (Lipinski definition) is 1. The Morgan fingerprint density at radius 2 is 1.81 bits per heavy atom. The lowest BCUT2D eigenvalue weighted by Crippen LogP contribution is -2.18. The van der Waals surface area contributed by atoms with Crippen LogP contribution in [0.4, 0.5) is 0 Å². The van der Waals surface area contributed by atoms with Crippen LogP contribution in [0, 0.1) is 0 Å². The average Bonchev–Trinajstić information content (AvgIpc) is 2.30. The first-order valence-electron chi connectivity index (χ1n) is 5.27. The van der Waals surface area contributed by atoms with Gasteiger partial charge in [0.05, 0.1) is 0 Å². The van der Waals surface area contributed by atoms with Crippen molar-refractivity contribution in [2.24, 2.45) is 0 Å². The monoisotopic (exact) mass is 275 g/mol. The first-order valence-corrected chi connectivity index (χ1v) is 6.06. The molecular formula is C14H14BrN. The second-order valence-corrected chi connectivity index (χ2v) is 5.29. The lowest BCUT2D eigenvalue weighted by molar-refractivity contribution is 0.637. The number of nitrogens with zero attached hydrogens (tertiary/aromatic N) is 1. The summed E-state index contributed by atoms with van der Waals surface area (Å²) in [6, 6.07) is 12.5. The van der Waals surface area contributed by atoms with E-state index in [-0.39, 0.29) is 5.41 Å². The zero-order chi connectivity index (χ0) is 11.6. The third kappa shape index (κ3) is 2.17. The molecule has 0 fully saturated rings. The van der Waals surface area contributed by atoms with Gasteiger partial charge in [-0.3, -0.25) is 4.98 Å². The number of halogens is 1. The lowest BCUT2D eigenvalue weighted by atomic mass is 9.79. The maximum Gasteiger partial charge on any atom is 0.0308 e. The van der Waals surface area contributed by atoms with Gasteiger partial charge in [-0.05, 0) is 29.3 Å². The van der Waals surface area contributed by atoms with Gasteiger partial charge in [0.15, 0.2) is 0 Å². The molecule has 1 aromatic heterocycles. The molecule has 0 bridgehead atoms. The van der Waals surface area contributed by atoms with E-state index in [9.17, 15) is 0 Å². The summed E-state index contributed by atoms with van der Waals surface area (Å²) in [5.41, 5.74) is 2.50. The molecule has 1 nitrogen and oxygen atoms in total. The van der Waals surface area contributed by atoms with Crippen LogP contribution in [0.1, 0.15) is 25.0 Å². The minimum absolute atomic E-state index is 0.0158. The van der Waals surface area contributed by atoms with Gasteiger partial charge in [0.25, 0.3) is 0 Å². The molecule has 2 rings (SSSR count). The first kappa shape index (κ1) is 11.3. The number of pyridine rings is 1. The number of benzene rings is 1. The van der Waals surface area contributed by atoms with E-state index in [0.717, 1.165) is 4.47 Å². The predicted molar refractivity (Wildman–Crippen MR) is 70.5 cm³/mol. The molecule has 0 saturated heterocycles. The molecule has 16 heavy (non-hydrogen) atoms. The van der Waals surface area contributed by atoms with Gasteiger partial charge < -0.3 is 0 Å². The van der Waals surface area contributed by atoms with E-state index in [2.05, 4.69) is 59.0 Å². The Morgan fingerprint density at radius 3 is 2.44 bits per heavy atom. The van der Waals surface area contributed by atoms with Gasteiger partial charge in [0.1, 0.15) is 0 Å². The summed E-state index contributed by atoms with van der Waals surface area (Å²) in [6.45, 7) is 4.43. The van der Waals surface area contributed by atoms with Crippen LogP contribution >= 0.6 is 15.9 Å². The molecule has 0 amide bonds. The SMILES string of the molecule is CC(C)(c1cccnc1)c1cccc(Br)c1. The molecule has 82 valence electrons. The smallest absolute Gasteiger partial charge is 0.0308 e. The largest absolute Gasteiger partial charge is 0.264 e. The summed E-state index contributed by atoms with van der Waals surface area (Å²) in [5, 5.41) is 0. The number of rotatable bonds is 2. The van der Waals surface area contributed by atoms with Gasteiger partial charge in [-0.2, -0.15) is 0 Å². The van der Waals surface area contributed by atoms with Gasteiger partial charge >= 0.3 is 0 Å².